The van der Waals surface area contributed by atoms with Crippen LogP contribution in [0.1, 0.15) is 6.42 Å². The predicted molar refractivity (Wildman–Crippen MR) is 47.2 cm³/mol. The molecule has 0 bridgehead atoms. The van der Waals surface area contributed by atoms with E-state index in [0.717, 1.165) is 12.2 Å². The molecular weight excluding hydrogens is 202 g/mol. The van der Waals surface area contributed by atoms with Gasteiger partial charge < -0.3 is 4.74 Å². The normalized spacial score (nSPS) is 11.1. The third-order valence-electron chi connectivity index (χ3n) is 1.04. The molecule has 6 heteroatoms. The molecule has 0 unspecified atom stereocenters. The first-order valence-corrected chi connectivity index (χ1v) is 4.61. The van der Waals surface area contributed by atoms with Gasteiger partial charge in [0.15, 0.2) is 0 Å². The van der Waals surface area contributed by atoms with Gasteiger partial charge >= 0.3 is 0 Å². The molecule has 0 aliphatic carbocycles. The van der Waals surface area contributed by atoms with E-state index >= 15 is 0 Å². The average molecular weight is 216 g/mol. The third-order valence-corrected chi connectivity index (χ3v) is 1.35. The summed E-state index contributed by atoms with van der Waals surface area (Å²) in [4.78, 5) is 8.56. The molecule has 0 saturated heterocycles. The standard InChI is InChI=1S/C7H14F2O3S/c8-7(9)6-12-11-4-3-10-2-1-5-13/h7,13H,1-6H2. The minimum atomic E-state index is -2.50. The van der Waals surface area contributed by atoms with Crippen molar-refractivity contribution in [1.82, 2.24) is 0 Å². The van der Waals surface area contributed by atoms with Crippen molar-refractivity contribution < 1.29 is 23.3 Å². The number of hydrogen-bond donors (Lipinski definition) is 1. The Bertz CT molecular complexity index is 106. The average Bonchev–Trinajstić information content (AvgIpc) is 2.09. The number of rotatable bonds is 9. The zero-order chi connectivity index (χ0) is 9.94. The van der Waals surface area contributed by atoms with E-state index in [2.05, 4.69) is 22.4 Å². The highest BCUT2D eigenvalue weighted by molar-refractivity contribution is 7.80. The first kappa shape index (κ1) is 13.1. The Kier molecular flexibility index (Phi) is 10.2. The van der Waals surface area contributed by atoms with E-state index in [4.69, 9.17) is 4.74 Å². The smallest absolute Gasteiger partial charge is 0.264 e. The van der Waals surface area contributed by atoms with Crippen LogP contribution in [0.3, 0.4) is 0 Å². The second-order valence-corrected chi connectivity index (χ2v) is 2.63. The van der Waals surface area contributed by atoms with Crippen molar-refractivity contribution in [3.8, 4) is 0 Å². The van der Waals surface area contributed by atoms with Gasteiger partial charge in [-0.2, -0.15) is 12.6 Å². The summed E-state index contributed by atoms with van der Waals surface area (Å²) in [5, 5.41) is 0. The van der Waals surface area contributed by atoms with E-state index in [9.17, 15) is 8.78 Å². The molecule has 0 aromatic heterocycles. The van der Waals surface area contributed by atoms with E-state index in [-0.39, 0.29) is 6.61 Å². The van der Waals surface area contributed by atoms with Crippen LogP contribution in [0.25, 0.3) is 0 Å². The zero-order valence-corrected chi connectivity index (χ0v) is 8.14. The molecule has 80 valence electrons. The summed E-state index contributed by atoms with van der Waals surface area (Å²) in [6.07, 6.45) is -1.63. The van der Waals surface area contributed by atoms with Crippen LogP contribution in [0.5, 0.6) is 0 Å². The highest BCUT2D eigenvalue weighted by atomic mass is 32.1. The van der Waals surface area contributed by atoms with Crippen LogP contribution in [0, 0.1) is 0 Å². The van der Waals surface area contributed by atoms with Crippen LogP contribution < -0.4 is 0 Å². The van der Waals surface area contributed by atoms with Crippen LogP contribution >= 0.6 is 12.6 Å². The molecule has 0 saturated carbocycles. The Hall–Kier alpha value is 0.0900. The van der Waals surface area contributed by atoms with E-state index < -0.39 is 13.0 Å². The summed E-state index contributed by atoms with van der Waals surface area (Å²) >= 11 is 3.98. The summed E-state index contributed by atoms with van der Waals surface area (Å²) < 4.78 is 28.0. The maximum atomic E-state index is 11.5. The molecule has 0 amide bonds. The number of alkyl halides is 2. The Balaban J connectivity index is 2.84. The van der Waals surface area contributed by atoms with Gasteiger partial charge in [0, 0.05) is 6.61 Å². The topological polar surface area (TPSA) is 27.7 Å². The Morgan fingerprint density at radius 2 is 1.85 bits per heavy atom. The first-order chi connectivity index (χ1) is 6.27. The van der Waals surface area contributed by atoms with Crippen LogP contribution in [0.2, 0.25) is 0 Å². The molecule has 0 aliphatic rings. The second-order valence-electron chi connectivity index (χ2n) is 2.19. The van der Waals surface area contributed by atoms with E-state index in [0.29, 0.717) is 13.2 Å². The summed E-state index contributed by atoms with van der Waals surface area (Å²) in [6, 6.07) is 0. The van der Waals surface area contributed by atoms with Gasteiger partial charge in [-0.3, -0.25) is 0 Å². The van der Waals surface area contributed by atoms with Crippen molar-refractivity contribution in [1.29, 1.82) is 0 Å². The molecule has 0 N–H and O–H groups in total. The third kappa shape index (κ3) is 12.1. The van der Waals surface area contributed by atoms with Crippen LogP contribution in [-0.4, -0.2) is 38.6 Å². The van der Waals surface area contributed by atoms with Gasteiger partial charge in [-0.15, -0.1) is 0 Å². The fourth-order valence-corrected chi connectivity index (χ4v) is 0.649. The lowest BCUT2D eigenvalue weighted by molar-refractivity contribution is -0.312. The van der Waals surface area contributed by atoms with Gasteiger partial charge in [0.25, 0.3) is 6.43 Å². The molecule has 0 spiro atoms. The summed E-state index contributed by atoms with van der Waals surface area (Å²) in [5.41, 5.74) is 0. The van der Waals surface area contributed by atoms with Crippen molar-refractivity contribution in [2.75, 3.05) is 32.2 Å². The predicted octanol–water partition coefficient (Wildman–Crippen LogP) is 1.54. The van der Waals surface area contributed by atoms with Crippen molar-refractivity contribution >= 4 is 12.6 Å². The number of hydrogen-bond acceptors (Lipinski definition) is 4. The van der Waals surface area contributed by atoms with E-state index in [1.165, 1.54) is 0 Å². The van der Waals surface area contributed by atoms with Crippen molar-refractivity contribution in [2.45, 2.75) is 12.8 Å². The first-order valence-electron chi connectivity index (χ1n) is 3.98. The lowest BCUT2D eigenvalue weighted by atomic mass is 10.5. The van der Waals surface area contributed by atoms with E-state index in [1.807, 2.05) is 0 Å². The number of ether oxygens (including phenoxy) is 1. The van der Waals surface area contributed by atoms with Gasteiger partial charge in [0.2, 0.25) is 0 Å². The summed E-state index contributed by atoms with van der Waals surface area (Å²) in [6.45, 7) is 0.411. The van der Waals surface area contributed by atoms with Crippen LogP contribution in [0.15, 0.2) is 0 Å². The molecule has 0 radical (unpaired) electrons. The maximum absolute atomic E-state index is 11.5. The minimum Gasteiger partial charge on any atom is -0.379 e. The zero-order valence-electron chi connectivity index (χ0n) is 7.25. The molecule has 0 atom stereocenters. The number of halogens is 2. The maximum Gasteiger partial charge on any atom is 0.264 e. The molecule has 0 aromatic carbocycles. The molecule has 13 heavy (non-hydrogen) atoms. The fraction of sp³-hybridized carbons (Fsp3) is 1.00. The molecule has 0 aromatic rings. The van der Waals surface area contributed by atoms with Gasteiger partial charge in [0.05, 0.1) is 6.61 Å². The number of thiol groups is 1. The minimum absolute atomic E-state index is 0.166. The molecule has 0 fully saturated rings. The summed E-state index contributed by atoms with van der Waals surface area (Å²) in [5.74, 6) is 0.767. The van der Waals surface area contributed by atoms with Crippen molar-refractivity contribution in [3.63, 3.8) is 0 Å². The molecular formula is C7H14F2O3S. The monoisotopic (exact) mass is 216 g/mol. The van der Waals surface area contributed by atoms with Gasteiger partial charge in [-0.05, 0) is 12.2 Å². The van der Waals surface area contributed by atoms with Gasteiger partial charge in [-0.1, -0.05) is 0 Å². The fourth-order valence-electron chi connectivity index (χ4n) is 0.520. The molecule has 3 nitrogen and oxygen atoms in total. The summed E-state index contributed by atoms with van der Waals surface area (Å²) in [7, 11) is 0. The molecule has 0 aliphatic heterocycles. The van der Waals surface area contributed by atoms with Gasteiger partial charge in [-0.25, -0.2) is 18.6 Å². The lowest BCUT2D eigenvalue weighted by Gasteiger charge is -2.04. The largest absolute Gasteiger partial charge is 0.379 e. The SMILES string of the molecule is FC(F)COOCCOCCCS. The Morgan fingerprint density at radius 1 is 1.08 bits per heavy atom. The van der Waals surface area contributed by atoms with E-state index in [1.54, 1.807) is 0 Å². The Labute approximate surface area is 81.7 Å². The van der Waals surface area contributed by atoms with Crippen LogP contribution in [-0.2, 0) is 14.5 Å². The highest BCUT2D eigenvalue weighted by Crippen LogP contribution is 1.93. The quantitative estimate of drug-likeness (QED) is 0.274. The van der Waals surface area contributed by atoms with Crippen LogP contribution in [0.4, 0.5) is 8.78 Å². The molecule has 0 heterocycles. The highest BCUT2D eigenvalue weighted by Gasteiger charge is 2.01. The van der Waals surface area contributed by atoms with Gasteiger partial charge in [0.1, 0.15) is 13.2 Å². The second kappa shape index (κ2) is 10.2. The van der Waals surface area contributed by atoms with Crippen molar-refractivity contribution in [2.24, 2.45) is 0 Å². The lowest BCUT2D eigenvalue weighted by Crippen LogP contribution is -2.09. The molecule has 0 rings (SSSR count). The Morgan fingerprint density at radius 3 is 2.46 bits per heavy atom. The van der Waals surface area contributed by atoms with Crippen molar-refractivity contribution in [3.05, 3.63) is 0 Å².